The average Bonchev–Trinajstić information content (AvgIpc) is 2.59. The number of carbonyl (C=O) groups is 1. The maximum Gasteiger partial charge on any atom is 0.236 e. The molecule has 1 aromatic rings. The molecule has 0 fully saturated rings. The van der Waals surface area contributed by atoms with Gasteiger partial charge in [-0.2, -0.15) is 0 Å². The van der Waals surface area contributed by atoms with Crippen LogP contribution in [0, 0.1) is 6.92 Å². The third kappa shape index (κ3) is 2.82. The van der Waals surface area contributed by atoms with Crippen molar-refractivity contribution in [2.24, 2.45) is 0 Å². The van der Waals surface area contributed by atoms with Gasteiger partial charge in [-0.15, -0.1) is 11.3 Å². The molecule has 4 heteroatoms. The van der Waals surface area contributed by atoms with Crippen LogP contribution in [0.15, 0.2) is 11.4 Å². The van der Waals surface area contributed by atoms with Gasteiger partial charge in [0.2, 0.25) is 5.91 Å². The fourth-order valence-electron chi connectivity index (χ4n) is 1.14. The van der Waals surface area contributed by atoms with Gasteiger partial charge in [-0.3, -0.25) is 4.79 Å². The third-order valence-electron chi connectivity index (χ3n) is 2.18. The summed E-state index contributed by atoms with van der Waals surface area (Å²) >= 11 is 1.72. The van der Waals surface area contributed by atoms with Crippen molar-refractivity contribution in [2.75, 3.05) is 7.05 Å². The highest BCUT2D eigenvalue weighted by Gasteiger charge is 2.10. The van der Waals surface area contributed by atoms with E-state index in [9.17, 15) is 4.79 Å². The van der Waals surface area contributed by atoms with Crippen LogP contribution in [0.25, 0.3) is 0 Å². The summed E-state index contributed by atoms with van der Waals surface area (Å²) in [5, 5.41) is 7.85. The maximum atomic E-state index is 11.2. The van der Waals surface area contributed by atoms with Crippen LogP contribution in [0.1, 0.15) is 17.4 Å². The highest BCUT2D eigenvalue weighted by atomic mass is 32.1. The number of aryl methyl sites for hydroxylation is 1. The minimum atomic E-state index is -0.138. The van der Waals surface area contributed by atoms with Gasteiger partial charge in [-0.1, -0.05) is 0 Å². The minimum Gasteiger partial charge on any atom is -0.358 e. The number of rotatable bonds is 4. The molecule has 1 atom stereocenters. The zero-order valence-corrected chi connectivity index (χ0v) is 9.57. The van der Waals surface area contributed by atoms with Crippen molar-refractivity contribution in [3.05, 3.63) is 21.9 Å². The third-order valence-corrected chi connectivity index (χ3v) is 3.20. The van der Waals surface area contributed by atoms with Gasteiger partial charge in [0, 0.05) is 18.5 Å². The van der Waals surface area contributed by atoms with Crippen molar-refractivity contribution < 1.29 is 4.79 Å². The van der Waals surface area contributed by atoms with Crippen molar-refractivity contribution >= 4 is 17.2 Å². The summed E-state index contributed by atoms with van der Waals surface area (Å²) in [6.07, 6.45) is 0. The predicted molar refractivity (Wildman–Crippen MR) is 59.4 cm³/mol. The molecule has 1 rings (SSSR count). The van der Waals surface area contributed by atoms with Gasteiger partial charge in [-0.05, 0) is 30.9 Å². The summed E-state index contributed by atoms with van der Waals surface area (Å²) in [5.41, 5.74) is 1.28. The van der Waals surface area contributed by atoms with Crippen LogP contribution in [-0.2, 0) is 11.3 Å². The molecule has 0 aliphatic carbocycles. The van der Waals surface area contributed by atoms with Crippen LogP contribution in [0.2, 0.25) is 0 Å². The Kier molecular flexibility index (Phi) is 4.10. The topological polar surface area (TPSA) is 41.1 Å². The Balaban J connectivity index is 2.41. The number of hydrogen-bond acceptors (Lipinski definition) is 3. The molecule has 0 saturated heterocycles. The zero-order chi connectivity index (χ0) is 10.6. The molecule has 1 unspecified atom stereocenters. The molecular weight excluding hydrogens is 196 g/mol. The van der Waals surface area contributed by atoms with Gasteiger partial charge in [0.1, 0.15) is 0 Å². The summed E-state index contributed by atoms with van der Waals surface area (Å²) in [4.78, 5) is 12.5. The van der Waals surface area contributed by atoms with E-state index in [-0.39, 0.29) is 11.9 Å². The summed E-state index contributed by atoms with van der Waals surface area (Å²) < 4.78 is 0. The molecule has 3 nitrogen and oxygen atoms in total. The maximum absolute atomic E-state index is 11.2. The normalized spacial score (nSPS) is 12.5. The zero-order valence-electron chi connectivity index (χ0n) is 8.76. The SMILES string of the molecule is CNC(=O)C(C)NCc1sccc1C. The lowest BCUT2D eigenvalue weighted by molar-refractivity contribution is -0.122. The van der Waals surface area contributed by atoms with E-state index in [0.717, 1.165) is 6.54 Å². The van der Waals surface area contributed by atoms with E-state index < -0.39 is 0 Å². The number of likely N-dealkylation sites (N-methyl/N-ethyl adjacent to an activating group) is 1. The molecule has 0 aromatic carbocycles. The van der Waals surface area contributed by atoms with Crippen LogP contribution in [0.3, 0.4) is 0 Å². The van der Waals surface area contributed by atoms with Gasteiger partial charge in [-0.25, -0.2) is 0 Å². The Morgan fingerprint density at radius 3 is 2.86 bits per heavy atom. The second-order valence-electron chi connectivity index (χ2n) is 3.24. The molecule has 78 valence electrons. The Morgan fingerprint density at radius 1 is 1.64 bits per heavy atom. The molecule has 0 spiro atoms. The fourth-order valence-corrected chi connectivity index (χ4v) is 2.00. The standard InChI is InChI=1S/C10H16N2OS/c1-7-4-5-14-9(7)6-12-8(2)10(13)11-3/h4-5,8,12H,6H2,1-3H3,(H,11,13). The number of amides is 1. The highest BCUT2D eigenvalue weighted by Crippen LogP contribution is 2.14. The number of hydrogen-bond donors (Lipinski definition) is 2. The van der Waals surface area contributed by atoms with Gasteiger partial charge < -0.3 is 10.6 Å². The van der Waals surface area contributed by atoms with Gasteiger partial charge in [0.15, 0.2) is 0 Å². The number of thiophene rings is 1. The molecule has 2 N–H and O–H groups in total. The van der Waals surface area contributed by atoms with E-state index >= 15 is 0 Å². The Morgan fingerprint density at radius 2 is 2.36 bits per heavy atom. The first kappa shape index (κ1) is 11.2. The smallest absolute Gasteiger partial charge is 0.236 e. The van der Waals surface area contributed by atoms with Crippen molar-refractivity contribution in [1.82, 2.24) is 10.6 Å². The lowest BCUT2D eigenvalue weighted by Gasteiger charge is -2.11. The molecule has 0 aliphatic rings. The van der Waals surface area contributed by atoms with Crippen molar-refractivity contribution in [3.63, 3.8) is 0 Å². The second-order valence-corrected chi connectivity index (χ2v) is 4.24. The molecule has 14 heavy (non-hydrogen) atoms. The van der Waals surface area contributed by atoms with Crippen molar-refractivity contribution in [1.29, 1.82) is 0 Å². The molecule has 1 heterocycles. The summed E-state index contributed by atoms with van der Waals surface area (Å²) in [6.45, 7) is 4.71. The van der Waals surface area contributed by atoms with E-state index in [0.29, 0.717) is 0 Å². The van der Waals surface area contributed by atoms with Crippen LogP contribution < -0.4 is 10.6 Å². The highest BCUT2D eigenvalue weighted by molar-refractivity contribution is 7.10. The average molecular weight is 212 g/mol. The van der Waals surface area contributed by atoms with Crippen LogP contribution in [0.5, 0.6) is 0 Å². The molecule has 1 aromatic heterocycles. The van der Waals surface area contributed by atoms with E-state index in [1.807, 2.05) is 6.92 Å². The molecule has 0 saturated carbocycles. The van der Waals surface area contributed by atoms with Gasteiger partial charge in [0.25, 0.3) is 0 Å². The van der Waals surface area contributed by atoms with Crippen molar-refractivity contribution in [3.8, 4) is 0 Å². The summed E-state index contributed by atoms with van der Waals surface area (Å²) in [6, 6.07) is 1.95. The molecule has 0 aliphatic heterocycles. The van der Waals surface area contributed by atoms with Gasteiger partial charge >= 0.3 is 0 Å². The minimum absolute atomic E-state index is 0.0270. The second kappa shape index (κ2) is 5.12. The summed E-state index contributed by atoms with van der Waals surface area (Å²) in [7, 11) is 1.65. The Hall–Kier alpha value is -0.870. The first-order valence-electron chi connectivity index (χ1n) is 4.63. The lowest BCUT2D eigenvalue weighted by Crippen LogP contribution is -2.40. The van der Waals surface area contributed by atoms with Gasteiger partial charge in [0.05, 0.1) is 6.04 Å². The fraction of sp³-hybridized carbons (Fsp3) is 0.500. The quantitative estimate of drug-likeness (QED) is 0.789. The van der Waals surface area contributed by atoms with Crippen LogP contribution in [-0.4, -0.2) is 19.0 Å². The number of nitrogens with one attached hydrogen (secondary N) is 2. The number of carbonyl (C=O) groups excluding carboxylic acids is 1. The summed E-state index contributed by atoms with van der Waals surface area (Å²) in [5.74, 6) is 0.0270. The Bertz CT molecular complexity index is 309. The first-order chi connectivity index (χ1) is 6.65. The Labute approximate surface area is 88.5 Å². The molecule has 1 amide bonds. The molecular formula is C10H16N2OS. The van der Waals surface area contributed by atoms with E-state index in [2.05, 4.69) is 29.0 Å². The largest absolute Gasteiger partial charge is 0.358 e. The van der Waals surface area contributed by atoms with E-state index in [1.54, 1.807) is 18.4 Å². The monoisotopic (exact) mass is 212 g/mol. The van der Waals surface area contributed by atoms with E-state index in [4.69, 9.17) is 0 Å². The van der Waals surface area contributed by atoms with E-state index in [1.165, 1.54) is 10.4 Å². The lowest BCUT2D eigenvalue weighted by atomic mass is 10.2. The van der Waals surface area contributed by atoms with Crippen molar-refractivity contribution in [2.45, 2.75) is 26.4 Å². The molecule has 0 bridgehead atoms. The predicted octanol–water partition coefficient (Wildman–Crippen LogP) is 1.28. The van der Waals surface area contributed by atoms with Crippen LogP contribution >= 0.6 is 11.3 Å². The van der Waals surface area contributed by atoms with Crippen LogP contribution in [0.4, 0.5) is 0 Å². The first-order valence-corrected chi connectivity index (χ1v) is 5.51. The molecule has 0 radical (unpaired) electrons.